The molecule has 118 valence electrons. The molecule has 0 bridgehead atoms. The van der Waals surface area contributed by atoms with Crippen LogP contribution >= 0.6 is 31.9 Å². The summed E-state index contributed by atoms with van der Waals surface area (Å²) in [7, 11) is -1.34. The Kier molecular flexibility index (Phi) is 5.59. The van der Waals surface area contributed by atoms with Crippen molar-refractivity contribution in [2.75, 3.05) is 18.7 Å². The zero-order chi connectivity index (χ0) is 15.6. The molecule has 21 heavy (non-hydrogen) atoms. The van der Waals surface area contributed by atoms with Gasteiger partial charge in [0.05, 0.1) is 22.5 Å². The summed E-state index contributed by atoms with van der Waals surface area (Å²) < 4.78 is 30.6. The van der Waals surface area contributed by atoms with Crippen molar-refractivity contribution in [2.45, 2.75) is 37.0 Å². The lowest BCUT2D eigenvalue weighted by atomic mass is 9.95. The van der Waals surface area contributed by atoms with Gasteiger partial charge in [-0.2, -0.15) is 0 Å². The third-order valence-electron chi connectivity index (χ3n) is 3.83. The third-order valence-corrected chi connectivity index (χ3v) is 6.75. The van der Waals surface area contributed by atoms with Gasteiger partial charge in [0.2, 0.25) is 0 Å². The van der Waals surface area contributed by atoms with E-state index in [0.717, 1.165) is 39.6 Å². The molecular formula is C14H19Br2NO3S. The number of halogens is 2. The maximum atomic E-state index is 11.7. The molecule has 2 unspecified atom stereocenters. The van der Waals surface area contributed by atoms with Crippen LogP contribution < -0.4 is 10.1 Å². The number of hydrogen-bond acceptors (Lipinski definition) is 4. The van der Waals surface area contributed by atoms with Gasteiger partial charge in [-0.3, -0.25) is 0 Å². The highest BCUT2D eigenvalue weighted by atomic mass is 79.9. The fourth-order valence-corrected chi connectivity index (χ4v) is 5.13. The molecule has 1 aromatic carbocycles. The van der Waals surface area contributed by atoms with E-state index in [0.29, 0.717) is 6.42 Å². The maximum absolute atomic E-state index is 11.7. The first-order valence-corrected chi connectivity index (χ1v) is 10.3. The van der Waals surface area contributed by atoms with E-state index in [2.05, 4.69) is 37.2 Å². The Balaban J connectivity index is 2.14. The predicted molar refractivity (Wildman–Crippen MR) is 92.9 cm³/mol. The number of ether oxygens (including phenoxy) is 1. The highest BCUT2D eigenvalue weighted by Crippen LogP contribution is 2.36. The molecule has 0 radical (unpaired) electrons. The van der Waals surface area contributed by atoms with Gasteiger partial charge in [0, 0.05) is 22.8 Å². The minimum atomic E-state index is -2.96. The van der Waals surface area contributed by atoms with Crippen LogP contribution in [0.1, 0.15) is 25.7 Å². The molecule has 1 aliphatic rings. The molecule has 0 aromatic heterocycles. The Hall–Kier alpha value is -0.270. The van der Waals surface area contributed by atoms with E-state index in [1.165, 1.54) is 6.26 Å². The Labute approximate surface area is 142 Å². The first-order chi connectivity index (χ1) is 9.81. The van der Waals surface area contributed by atoms with Crippen molar-refractivity contribution in [3.63, 3.8) is 0 Å². The molecule has 4 nitrogen and oxygen atoms in total. The maximum Gasteiger partial charge on any atom is 0.150 e. The topological polar surface area (TPSA) is 55.4 Å². The monoisotopic (exact) mass is 439 g/mol. The number of anilines is 1. The smallest absolute Gasteiger partial charge is 0.150 e. The number of rotatable bonds is 4. The second-order valence-electron chi connectivity index (χ2n) is 5.43. The van der Waals surface area contributed by atoms with E-state index in [9.17, 15) is 8.42 Å². The van der Waals surface area contributed by atoms with Crippen LogP contribution in [0, 0.1) is 0 Å². The Morgan fingerprint density at radius 3 is 2.57 bits per heavy atom. The van der Waals surface area contributed by atoms with E-state index in [1.54, 1.807) is 7.11 Å². The summed E-state index contributed by atoms with van der Waals surface area (Å²) in [6.45, 7) is 0. The predicted octanol–water partition coefficient (Wildman–Crippen LogP) is 3.99. The lowest BCUT2D eigenvalue weighted by Gasteiger charge is -2.29. The third kappa shape index (κ3) is 4.36. The summed E-state index contributed by atoms with van der Waals surface area (Å²) in [6, 6.07) is 4.01. The second-order valence-corrected chi connectivity index (χ2v) is 9.46. The van der Waals surface area contributed by atoms with Crippen molar-refractivity contribution in [1.82, 2.24) is 0 Å². The molecule has 2 atom stereocenters. The van der Waals surface area contributed by atoms with Crippen LogP contribution in [0.3, 0.4) is 0 Å². The van der Waals surface area contributed by atoms with Gasteiger partial charge in [-0.25, -0.2) is 8.42 Å². The highest BCUT2D eigenvalue weighted by molar-refractivity contribution is 9.11. The molecule has 2 rings (SSSR count). The van der Waals surface area contributed by atoms with E-state index in [-0.39, 0.29) is 11.3 Å². The molecule has 7 heteroatoms. The Morgan fingerprint density at radius 2 is 1.95 bits per heavy atom. The van der Waals surface area contributed by atoms with Crippen LogP contribution in [0.15, 0.2) is 21.1 Å². The van der Waals surface area contributed by atoms with Crippen molar-refractivity contribution < 1.29 is 13.2 Å². The highest BCUT2D eigenvalue weighted by Gasteiger charge is 2.29. The minimum absolute atomic E-state index is 0.167. The van der Waals surface area contributed by atoms with E-state index in [1.807, 2.05) is 12.1 Å². The molecule has 1 fully saturated rings. The first kappa shape index (κ1) is 17.1. The molecule has 1 saturated carbocycles. The average molecular weight is 441 g/mol. The molecule has 1 aliphatic carbocycles. The summed E-state index contributed by atoms with van der Waals surface area (Å²) in [5.74, 6) is 0.746. The number of sulfone groups is 1. The van der Waals surface area contributed by atoms with Gasteiger partial charge in [-0.1, -0.05) is 6.42 Å². The standard InChI is InChI=1S/C14H19Br2NO3S/c1-20-14-8-13(11(15)7-12(14)16)17-9-4-3-5-10(6-9)21(2,18)19/h7-10,17H,3-6H2,1-2H3. The molecule has 0 spiro atoms. The molecular weight excluding hydrogens is 422 g/mol. The van der Waals surface area contributed by atoms with Gasteiger partial charge in [0.15, 0.2) is 0 Å². The van der Waals surface area contributed by atoms with Crippen LogP contribution in [-0.2, 0) is 9.84 Å². The van der Waals surface area contributed by atoms with Crippen molar-refractivity contribution in [3.05, 3.63) is 21.1 Å². The number of benzene rings is 1. The van der Waals surface area contributed by atoms with Gasteiger partial charge in [-0.15, -0.1) is 0 Å². The van der Waals surface area contributed by atoms with E-state index < -0.39 is 9.84 Å². The van der Waals surface area contributed by atoms with Gasteiger partial charge in [-0.05, 0) is 57.2 Å². The lowest BCUT2D eigenvalue weighted by Crippen LogP contribution is -2.34. The van der Waals surface area contributed by atoms with Gasteiger partial charge in [0.1, 0.15) is 15.6 Å². The molecule has 0 aliphatic heterocycles. The zero-order valence-corrected chi connectivity index (χ0v) is 16.0. The van der Waals surface area contributed by atoms with Crippen molar-refractivity contribution >= 4 is 47.4 Å². The molecule has 0 heterocycles. The molecule has 0 saturated heterocycles. The summed E-state index contributed by atoms with van der Waals surface area (Å²) >= 11 is 6.97. The SMILES string of the molecule is COc1cc(NC2CCCC(S(C)(=O)=O)C2)c(Br)cc1Br. The number of hydrogen-bond donors (Lipinski definition) is 1. The average Bonchev–Trinajstić information content (AvgIpc) is 2.41. The van der Waals surface area contributed by atoms with Crippen LogP contribution in [0.5, 0.6) is 5.75 Å². The summed E-state index contributed by atoms with van der Waals surface area (Å²) in [5, 5.41) is 3.20. The number of methoxy groups -OCH3 is 1. The largest absolute Gasteiger partial charge is 0.495 e. The van der Waals surface area contributed by atoms with Crippen LogP contribution in [0.25, 0.3) is 0 Å². The van der Waals surface area contributed by atoms with Gasteiger partial charge in [0.25, 0.3) is 0 Å². The Morgan fingerprint density at radius 1 is 1.24 bits per heavy atom. The van der Waals surface area contributed by atoms with Gasteiger partial charge >= 0.3 is 0 Å². The number of nitrogens with one attached hydrogen (secondary N) is 1. The Bertz CT molecular complexity index is 619. The van der Waals surface area contributed by atoms with Crippen LogP contribution in [0.4, 0.5) is 5.69 Å². The fourth-order valence-electron chi connectivity index (χ4n) is 2.68. The minimum Gasteiger partial charge on any atom is -0.495 e. The molecule has 0 amide bonds. The lowest BCUT2D eigenvalue weighted by molar-refractivity contribution is 0.412. The zero-order valence-electron chi connectivity index (χ0n) is 12.0. The summed E-state index contributed by atoms with van der Waals surface area (Å²) in [6.07, 6.45) is 4.67. The van der Waals surface area contributed by atoms with Crippen molar-refractivity contribution in [1.29, 1.82) is 0 Å². The van der Waals surface area contributed by atoms with Crippen molar-refractivity contribution in [3.8, 4) is 5.75 Å². The fraction of sp³-hybridized carbons (Fsp3) is 0.571. The normalized spacial score (nSPS) is 22.9. The van der Waals surface area contributed by atoms with Crippen LogP contribution in [-0.4, -0.2) is 33.1 Å². The first-order valence-electron chi connectivity index (χ1n) is 6.79. The quantitative estimate of drug-likeness (QED) is 0.768. The van der Waals surface area contributed by atoms with Gasteiger partial charge < -0.3 is 10.1 Å². The van der Waals surface area contributed by atoms with E-state index >= 15 is 0 Å². The second kappa shape index (κ2) is 6.87. The molecule has 1 aromatic rings. The van der Waals surface area contributed by atoms with Crippen LogP contribution in [0.2, 0.25) is 0 Å². The van der Waals surface area contributed by atoms with Crippen molar-refractivity contribution in [2.24, 2.45) is 0 Å². The van der Waals surface area contributed by atoms with E-state index in [4.69, 9.17) is 4.74 Å². The molecule has 1 N–H and O–H groups in total. The summed E-state index contributed by atoms with van der Waals surface area (Å²) in [4.78, 5) is 0. The summed E-state index contributed by atoms with van der Waals surface area (Å²) in [5.41, 5.74) is 0.925.